The summed E-state index contributed by atoms with van der Waals surface area (Å²) in [5.41, 5.74) is 6.00. The van der Waals surface area contributed by atoms with Gasteiger partial charge in [-0.25, -0.2) is 0 Å². The molecule has 44 heavy (non-hydrogen) atoms. The fourth-order valence-corrected chi connectivity index (χ4v) is 4.00. The van der Waals surface area contributed by atoms with Gasteiger partial charge in [0.05, 0.1) is 51.0 Å². The van der Waals surface area contributed by atoms with Crippen molar-refractivity contribution in [2.45, 2.75) is 0 Å². The molecular formula is C36H40N2O6. The first-order valence-electron chi connectivity index (χ1n) is 14.6. The molecule has 4 aromatic rings. The van der Waals surface area contributed by atoms with Crippen LogP contribution in [0.1, 0.15) is 11.1 Å². The van der Waals surface area contributed by atoms with Crippen molar-refractivity contribution in [1.82, 2.24) is 0 Å². The van der Waals surface area contributed by atoms with Crippen molar-refractivity contribution < 1.29 is 28.4 Å². The number of methoxy groups -OCH3 is 2. The van der Waals surface area contributed by atoms with Crippen molar-refractivity contribution >= 4 is 23.8 Å². The van der Waals surface area contributed by atoms with E-state index >= 15 is 0 Å². The van der Waals surface area contributed by atoms with Crippen LogP contribution < -0.4 is 9.47 Å². The van der Waals surface area contributed by atoms with Gasteiger partial charge < -0.3 is 28.4 Å². The SMILES string of the molecule is COCCOCCOc1ccc(C=Nc2ccc(-c3ccc(N=Cc4ccc(OCCOCCOC)cc4)cc3)cc2)cc1. The topological polar surface area (TPSA) is 80.1 Å². The number of aliphatic imine (C=N–C) groups is 2. The molecule has 0 radical (unpaired) electrons. The van der Waals surface area contributed by atoms with Gasteiger partial charge >= 0.3 is 0 Å². The Balaban J connectivity index is 1.21. The summed E-state index contributed by atoms with van der Waals surface area (Å²) in [6, 6.07) is 32.0. The minimum Gasteiger partial charge on any atom is -0.491 e. The van der Waals surface area contributed by atoms with Gasteiger partial charge in [-0.1, -0.05) is 24.3 Å². The van der Waals surface area contributed by atoms with Crippen LogP contribution in [0, 0.1) is 0 Å². The summed E-state index contributed by atoms with van der Waals surface area (Å²) in [7, 11) is 3.31. The molecule has 0 saturated heterocycles. The first kappa shape index (κ1) is 32.6. The highest BCUT2D eigenvalue weighted by Gasteiger charge is 2.00. The average molecular weight is 597 g/mol. The molecule has 0 unspecified atom stereocenters. The standard InChI is InChI=1S/C36H40N2O6/c1-39-19-21-41-23-25-43-35-15-3-29(4-16-35)27-37-33-11-7-31(8-12-33)32-9-13-34(14-10-32)38-28-30-5-17-36(18-6-30)44-26-24-42-22-20-40-2/h3-18,27-28H,19-26H2,1-2H3. The van der Waals surface area contributed by atoms with E-state index in [-0.39, 0.29) is 0 Å². The maximum absolute atomic E-state index is 5.70. The summed E-state index contributed by atoms with van der Waals surface area (Å²) < 4.78 is 32.1. The number of benzene rings is 4. The number of nitrogens with zero attached hydrogens (tertiary/aromatic N) is 2. The van der Waals surface area contributed by atoms with Gasteiger partial charge in [-0.15, -0.1) is 0 Å². The highest BCUT2D eigenvalue weighted by atomic mass is 16.5. The highest BCUT2D eigenvalue weighted by molar-refractivity contribution is 5.83. The highest BCUT2D eigenvalue weighted by Crippen LogP contribution is 2.25. The Morgan fingerprint density at radius 1 is 0.432 bits per heavy atom. The van der Waals surface area contributed by atoms with Crippen LogP contribution in [0.2, 0.25) is 0 Å². The summed E-state index contributed by atoms with van der Waals surface area (Å²) >= 11 is 0. The zero-order valence-electron chi connectivity index (χ0n) is 25.4. The number of ether oxygens (including phenoxy) is 6. The van der Waals surface area contributed by atoms with E-state index in [1.165, 1.54) is 0 Å². The van der Waals surface area contributed by atoms with E-state index in [4.69, 9.17) is 28.4 Å². The molecule has 0 saturated carbocycles. The number of hydrogen-bond acceptors (Lipinski definition) is 8. The molecule has 0 aliphatic carbocycles. The van der Waals surface area contributed by atoms with E-state index in [2.05, 4.69) is 34.3 Å². The number of hydrogen-bond donors (Lipinski definition) is 0. The Labute approximate surface area is 259 Å². The van der Waals surface area contributed by atoms with E-state index in [9.17, 15) is 0 Å². The second-order valence-electron chi connectivity index (χ2n) is 9.66. The third kappa shape index (κ3) is 11.7. The van der Waals surface area contributed by atoms with Crippen molar-refractivity contribution in [3.05, 3.63) is 108 Å². The van der Waals surface area contributed by atoms with Crippen LogP contribution >= 0.6 is 0 Å². The zero-order valence-corrected chi connectivity index (χ0v) is 25.4. The van der Waals surface area contributed by atoms with Gasteiger partial charge in [0.2, 0.25) is 0 Å². The van der Waals surface area contributed by atoms with Crippen LogP contribution in [0.5, 0.6) is 11.5 Å². The molecule has 230 valence electrons. The van der Waals surface area contributed by atoms with Crippen molar-refractivity contribution in [2.24, 2.45) is 9.98 Å². The maximum atomic E-state index is 5.70. The smallest absolute Gasteiger partial charge is 0.119 e. The Morgan fingerprint density at radius 2 is 0.795 bits per heavy atom. The lowest BCUT2D eigenvalue weighted by molar-refractivity contribution is 0.0544. The molecular weight excluding hydrogens is 556 g/mol. The minimum absolute atomic E-state index is 0.498. The Bertz CT molecular complexity index is 1290. The van der Waals surface area contributed by atoms with Gasteiger partial charge in [0, 0.05) is 26.6 Å². The summed E-state index contributed by atoms with van der Waals surface area (Å²) in [6.45, 7) is 4.36. The number of rotatable bonds is 19. The molecule has 8 nitrogen and oxygen atoms in total. The van der Waals surface area contributed by atoms with Crippen molar-refractivity contribution in [3.63, 3.8) is 0 Å². The lowest BCUT2D eigenvalue weighted by Crippen LogP contribution is -2.09. The van der Waals surface area contributed by atoms with Gasteiger partial charge in [-0.05, 0) is 95.1 Å². The zero-order chi connectivity index (χ0) is 30.7. The van der Waals surface area contributed by atoms with Crippen LogP contribution in [0.25, 0.3) is 11.1 Å². The van der Waals surface area contributed by atoms with Gasteiger partial charge in [0.1, 0.15) is 24.7 Å². The molecule has 4 rings (SSSR count). The van der Waals surface area contributed by atoms with Crippen LogP contribution in [0.4, 0.5) is 11.4 Å². The van der Waals surface area contributed by atoms with Crippen LogP contribution in [0.3, 0.4) is 0 Å². The molecule has 0 heterocycles. The first-order valence-corrected chi connectivity index (χ1v) is 14.6. The molecule has 0 aliphatic rings. The fraction of sp³-hybridized carbons (Fsp3) is 0.278. The molecule has 0 fully saturated rings. The van der Waals surface area contributed by atoms with E-state index in [1.807, 2.05) is 85.2 Å². The lowest BCUT2D eigenvalue weighted by atomic mass is 10.1. The third-order valence-electron chi connectivity index (χ3n) is 6.41. The largest absolute Gasteiger partial charge is 0.491 e. The Morgan fingerprint density at radius 3 is 1.16 bits per heavy atom. The molecule has 4 aromatic carbocycles. The molecule has 0 amide bonds. The van der Waals surface area contributed by atoms with Crippen molar-refractivity contribution in [3.8, 4) is 22.6 Å². The monoisotopic (exact) mass is 596 g/mol. The normalized spacial score (nSPS) is 11.4. The average Bonchev–Trinajstić information content (AvgIpc) is 3.07. The van der Waals surface area contributed by atoms with Gasteiger partial charge in [-0.2, -0.15) is 0 Å². The van der Waals surface area contributed by atoms with Crippen molar-refractivity contribution in [2.75, 3.05) is 67.1 Å². The fourth-order valence-electron chi connectivity index (χ4n) is 4.00. The van der Waals surface area contributed by atoms with Crippen LogP contribution in [-0.4, -0.2) is 79.5 Å². The Kier molecular flexibility index (Phi) is 14.1. The lowest BCUT2D eigenvalue weighted by Gasteiger charge is -2.07. The summed E-state index contributed by atoms with van der Waals surface area (Å²) in [6.07, 6.45) is 3.70. The molecule has 0 bridgehead atoms. The molecule has 0 N–H and O–H groups in total. The molecule has 0 spiro atoms. The first-order chi connectivity index (χ1) is 21.7. The van der Waals surface area contributed by atoms with E-state index in [1.54, 1.807) is 14.2 Å². The van der Waals surface area contributed by atoms with Gasteiger partial charge in [0.25, 0.3) is 0 Å². The van der Waals surface area contributed by atoms with E-state index in [0.717, 1.165) is 45.1 Å². The molecule has 0 atom stereocenters. The van der Waals surface area contributed by atoms with E-state index in [0.29, 0.717) is 52.9 Å². The van der Waals surface area contributed by atoms with Gasteiger partial charge in [-0.3, -0.25) is 9.98 Å². The minimum atomic E-state index is 0.498. The molecule has 0 aromatic heterocycles. The molecule has 8 heteroatoms. The summed E-state index contributed by atoms with van der Waals surface area (Å²) in [4.78, 5) is 9.22. The molecule has 0 aliphatic heterocycles. The predicted octanol–water partition coefficient (Wildman–Crippen LogP) is 6.94. The van der Waals surface area contributed by atoms with Crippen molar-refractivity contribution in [1.29, 1.82) is 0 Å². The Hall–Kier alpha value is -4.34. The summed E-state index contributed by atoms with van der Waals surface area (Å²) in [5, 5.41) is 0. The van der Waals surface area contributed by atoms with E-state index < -0.39 is 0 Å². The van der Waals surface area contributed by atoms with Gasteiger partial charge in [0.15, 0.2) is 0 Å². The third-order valence-corrected chi connectivity index (χ3v) is 6.41. The second kappa shape index (κ2) is 19.0. The second-order valence-corrected chi connectivity index (χ2v) is 9.66. The maximum Gasteiger partial charge on any atom is 0.119 e. The predicted molar refractivity (Wildman–Crippen MR) is 176 cm³/mol. The van der Waals surface area contributed by atoms with Crippen LogP contribution in [-0.2, 0) is 18.9 Å². The van der Waals surface area contributed by atoms with Crippen LogP contribution in [0.15, 0.2) is 107 Å². The summed E-state index contributed by atoms with van der Waals surface area (Å²) in [5.74, 6) is 1.60. The quantitative estimate of drug-likeness (QED) is 0.0862.